The summed E-state index contributed by atoms with van der Waals surface area (Å²) >= 11 is 0. The number of H-pyrrole nitrogens is 1. The van der Waals surface area contributed by atoms with Crippen LogP contribution in [0.25, 0.3) is 0 Å². The maximum absolute atomic E-state index is 12.0. The molecule has 1 fully saturated rings. The van der Waals surface area contributed by atoms with E-state index in [0.29, 0.717) is 12.5 Å². The highest BCUT2D eigenvalue weighted by Gasteiger charge is 2.29. The van der Waals surface area contributed by atoms with Gasteiger partial charge >= 0.3 is 0 Å². The van der Waals surface area contributed by atoms with Gasteiger partial charge in [-0.25, -0.2) is 4.98 Å². The van der Waals surface area contributed by atoms with Crippen molar-refractivity contribution in [3.8, 4) is 0 Å². The molecule has 0 aromatic carbocycles. The second-order valence-electron chi connectivity index (χ2n) is 7.27. The molecule has 0 bridgehead atoms. The van der Waals surface area contributed by atoms with Crippen molar-refractivity contribution in [1.29, 1.82) is 0 Å². The average molecular weight is 342 g/mol. The Morgan fingerprint density at radius 2 is 2.08 bits per heavy atom. The van der Waals surface area contributed by atoms with Crippen LogP contribution in [-0.2, 0) is 5.41 Å². The minimum atomic E-state index is -0.482. The topological polar surface area (TPSA) is 104 Å². The molecule has 3 heterocycles. The summed E-state index contributed by atoms with van der Waals surface area (Å²) in [7, 11) is 0. The zero-order chi connectivity index (χ0) is 18.0. The van der Waals surface area contributed by atoms with Crippen molar-refractivity contribution >= 4 is 11.7 Å². The molecular formula is C17H22N6O2. The number of aromatic nitrogens is 4. The predicted molar refractivity (Wildman–Crippen MR) is 93.6 cm³/mol. The van der Waals surface area contributed by atoms with E-state index in [0.717, 1.165) is 24.6 Å². The van der Waals surface area contributed by atoms with Gasteiger partial charge < -0.3 is 15.2 Å². The molecule has 2 aromatic heterocycles. The van der Waals surface area contributed by atoms with Gasteiger partial charge in [0.1, 0.15) is 0 Å². The quantitative estimate of drug-likeness (QED) is 0.849. The van der Waals surface area contributed by atoms with E-state index in [1.807, 2.05) is 12.1 Å². The Balaban J connectivity index is 1.49. The summed E-state index contributed by atoms with van der Waals surface area (Å²) in [4.78, 5) is 31.8. The van der Waals surface area contributed by atoms with E-state index in [2.05, 4.69) is 51.2 Å². The molecule has 1 aliphatic rings. The lowest BCUT2D eigenvalue weighted by Gasteiger charge is -2.40. The molecule has 0 aliphatic carbocycles. The van der Waals surface area contributed by atoms with E-state index in [4.69, 9.17) is 0 Å². The van der Waals surface area contributed by atoms with Crippen LogP contribution in [-0.4, -0.2) is 45.7 Å². The first kappa shape index (κ1) is 17.1. The average Bonchev–Trinajstić information content (AvgIpc) is 2.53. The Kier molecular flexibility index (Phi) is 4.52. The van der Waals surface area contributed by atoms with Crippen molar-refractivity contribution < 1.29 is 4.79 Å². The fourth-order valence-electron chi connectivity index (χ4n) is 2.61. The highest BCUT2D eigenvalue weighted by Crippen LogP contribution is 2.24. The Morgan fingerprint density at radius 1 is 1.32 bits per heavy atom. The number of hydrogen-bond donors (Lipinski definition) is 2. The molecule has 8 heteroatoms. The molecule has 3 rings (SSSR count). The normalized spacial score (nSPS) is 14.9. The molecule has 0 radical (unpaired) electrons. The van der Waals surface area contributed by atoms with Crippen LogP contribution in [0, 0.1) is 5.92 Å². The van der Waals surface area contributed by atoms with Gasteiger partial charge in [-0.05, 0) is 12.1 Å². The first-order chi connectivity index (χ1) is 11.8. The molecule has 1 aliphatic heterocycles. The number of aromatic amines is 1. The predicted octanol–water partition coefficient (Wildman–Crippen LogP) is 0.724. The van der Waals surface area contributed by atoms with Gasteiger partial charge in [-0.2, -0.15) is 5.10 Å². The molecule has 25 heavy (non-hydrogen) atoms. The third-order valence-electron chi connectivity index (χ3n) is 4.17. The second-order valence-corrected chi connectivity index (χ2v) is 7.27. The van der Waals surface area contributed by atoms with E-state index in [9.17, 15) is 9.59 Å². The van der Waals surface area contributed by atoms with Gasteiger partial charge in [0, 0.05) is 43.4 Å². The SMILES string of the molecule is CC(C)(C)c1ccc(N2CC(CNC(=O)c3ncc[nH]c3=O)C2)nn1. The molecule has 1 amide bonds. The monoisotopic (exact) mass is 342 g/mol. The lowest BCUT2D eigenvalue weighted by molar-refractivity contribution is 0.0937. The van der Waals surface area contributed by atoms with Crippen LogP contribution in [0.3, 0.4) is 0 Å². The smallest absolute Gasteiger partial charge is 0.279 e. The summed E-state index contributed by atoms with van der Waals surface area (Å²) in [6.45, 7) is 8.40. The van der Waals surface area contributed by atoms with Crippen LogP contribution in [0.2, 0.25) is 0 Å². The standard InChI is InChI=1S/C17H22N6O2/c1-17(2,3)12-4-5-13(22-21-12)23-9-11(10-23)8-20-16(25)14-15(24)19-7-6-18-14/h4-7,11H,8-10H2,1-3H3,(H,19,24)(H,20,25). The number of nitrogens with one attached hydrogen (secondary N) is 2. The summed E-state index contributed by atoms with van der Waals surface area (Å²) in [6, 6.07) is 3.99. The molecule has 8 nitrogen and oxygen atoms in total. The fraction of sp³-hybridized carbons (Fsp3) is 0.471. The van der Waals surface area contributed by atoms with Crippen molar-refractivity contribution in [2.75, 3.05) is 24.5 Å². The molecule has 0 spiro atoms. The largest absolute Gasteiger partial charge is 0.354 e. The van der Waals surface area contributed by atoms with Gasteiger partial charge in [0.15, 0.2) is 11.5 Å². The van der Waals surface area contributed by atoms with Gasteiger partial charge in [0.2, 0.25) is 0 Å². The van der Waals surface area contributed by atoms with Gasteiger partial charge in [-0.3, -0.25) is 9.59 Å². The van der Waals surface area contributed by atoms with Crippen molar-refractivity contribution in [3.63, 3.8) is 0 Å². The summed E-state index contributed by atoms with van der Waals surface area (Å²) in [5.74, 6) is 0.710. The van der Waals surface area contributed by atoms with Crippen molar-refractivity contribution in [2.45, 2.75) is 26.2 Å². The summed E-state index contributed by atoms with van der Waals surface area (Å²) < 4.78 is 0. The third-order valence-corrected chi connectivity index (χ3v) is 4.17. The van der Waals surface area contributed by atoms with Gasteiger partial charge in [0.25, 0.3) is 11.5 Å². The number of nitrogens with zero attached hydrogens (tertiary/aromatic N) is 4. The Hall–Kier alpha value is -2.77. The number of carbonyl (C=O) groups excluding carboxylic acids is 1. The van der Waals surface area contributed by atoms with Gasteiger partial charge in [-0.15, -0.1) is 5.10 Å². The van der Waals surface area contributed by atoms with Gasteiger partial charge in [-0.1, -0.05) is 20.8 Å². The van der Waals surface area contributed by atoms with Crippen molar-refractivity contribution in [1.82, 2.24) is 25.5 Å². The van der Waals surface area contributed by atoms with Crippen LogP contribution in [0.5, 0.6) is 0 Å². The highest BCUT2D eigenvalue weighted by atomic mass is 16.2. The Morgan fingerprint density at radius 3 is 2.68 bits per heavy atom. The van der Waals surface area contributed by atoms with E-state index in [1.54, 1.807) is 0 Å². The molecular weight excluding hydrogens is 320 g/mol. The maximum Gasteiger partial charge on any atom is 0.279 e. The molecule has 2 N–H and O–H groups in total. The van der Waals surface area contributed by atoms with Crippen LogP contribution < -0.4 is 15.8 Å². The third kappa shape index (κ3) is 3.84. The summed E-state index contributed by atoms with van der Waals surface area (Å²) in [5, 5.41) is 11.3. The molecule has 2 aromatic rings. The second kappa shape index (κ2) is 6.62. The fourth-order valence-corrected chi connectivity index (χ4v) is 2.61. The summed E-state index contributed by atoms with van der Waals surface area (Å²) in [6.07, 6.45) is 2.79. The highest BCUT2D eigenvalue weighted by molar-refractivity contribution is 5.91. The van der Waals surface area contributed by atoms with Crippen LogP contribution in [0.4, 0.5) is 5.82 Å². The van der Waals surface area contributed by atoms with E-state index in [1.165, 1.54) is 12.4 Å². The minimum Gasteiger partial charge on any atom is -0.354 e. The molecule has 0 atom stereocenters. The zero-order valence-corrected chi connectivity index (χ0v) is 14.6. The van der Waals surface area contributed by atoms with Crippen molar-refractivity contribution in [2.24, 2.45) is 5.92 Å². The van der Waals surface area contributed by atoms with E-state index >= 15 is 0 Å². The van der Waals surface area contributed by atoms with Crippen molar-refractivity contribution in [3.05, 3.63) is 46.3 Å². The Labute approximate surface area is 145 Å². The molecule has 1 saturated heterocycles. The van der Waals surface area contributed by atoms with Crippen LogP contribution in [0.1, 0.15) is 37.0 Å². The van der Waals surface area contributed by atoms with Crippen LogP contribution in [0.15, 0.2) is 29.3 Å². The lowest BCUT2D eigenvalue weighted by Crippen LogP contribution is -2.52. The van der Waals surface area contributed by atoms with E-state index in [-0.39, 0.29) is 11.1 Å². The summed E-state index contributed by atoms with van der Waals surface area (Å²) in [5.41, 5.74) is 0.351. The number of anilines is 1. The maximum atomic E-state index is 12.0. The first-order valence-electron chi connectivity index (χ1n) is 8.25. The zero-order valence-electron chi connectivity index (χ0n) is 14.6. The molecule has 0 unspecified atom stereocenters. The Bertz CT molecular complexity index is 803. The van der Waals surface area contributed by atoms with E-state index < -0.39 is 11.5 Å². The number of amides is 1. The van der Waals surface area contributed by atoms with Crippen LogP contribution >= 0.6 is 0 Å². The lowest BCUT2D eigenvalue weighted by atomic mass is 9.92. The molecule has 132 valence electrons. The number of rotatable bonds is 4. The molecule has 0 saturated carbocycles. The number of hydrogen-bond acceptors (Lipinski definition) is 6. The minimum absolute atomic E-state index is 0.0172. The van der Waals surface area contributed by atoms with Gasteiger partial charge in [0.05, 0.1) is 5.69 Å². The number of carbonyl (C=O) groups is 1. The first-order valence-corrected chi connectivity index (χ1v) is 8.25.